The maximum atomic E-state index is 12.9. The Hall–Kier alpha value is -3.02. The van der Waals surface area contributed by atoms with Crippen molar-refractivity contribution in [2.45, 2.75) is 38.5 Å². The second-order valence-electron chi connectivity index (χ2n) is 7.18. The summed E-state index contributed by atoms with van der Waals surface area (Å²) in [6.07, 6.45) is 9.90. The molecule has 3 rings (SSSR count). The molecule has 2 amide bonds. The highest BCUT2D eigenvalue weighted by Crippen LogP contribution is 2.19. The van der Waals surface area contributed by atoms with E-state index in [2.05, 4.69) is 21.7 Å². The molecule has 2 N–H and O–H groups in total. The molecule has 2 aromatic rings. The number of carbonyl (C=O) groups is 2. The lowest BCUT2D eigenvalue weighted by Gasteiger charge is -2.13. The summed E-state index contributed by atoms with van der Waals surface area (Å²) in [4.78, 5) is 28.8. The summed E-state index contributed by atoms with van der Waals surface area (Å²) in [6, 6.07) is 9.27. The van der Waals surface area contributed by atoms with E-state index in [1.807, 2.05) is 0 Å². The molecule has 1 aromatic carbocycles. The van der Waals surface area contributed by atoms with E-state index in [1.54, 1.807) is 18.2 Å². The lowest BCUT2D eigenvalue weighted by atomic mass is 9.97. The third-order valence-electron chi connectivity index (χ3n) is 4.98. The number of carbonyl (C=O) groups excluding carboxylic acids is 2. The van der Waals surface area contributed by atoms with Gasteiger partial charge in [-0.05, 0) is 68.4 Å². The molecule has 29 heavy (non-hydrogen) atoms. The molecule has 0 atom stereocenters. The van der Waals surface area contributed by atoms with Crippen molar-refractivity contribution in [3.8, 4) is 0 Å². The zero-order valence-corrected chi connectivity index (χ0v) is 16.4. The van der Waals surface area contributed by atoms with Crippen molar-refractivity contribution in [3.63, 3.8) is 0 Å². The number of benzene rings is 1. The zero-order valence-electron chi connectivity index (χ0n) is 16.4. The van der Waals surface area contributed by atoms with Crippen LogP contribution in [0.4, 0.5) is 4.39 Å². The van der Waals surface area contributed by atoms with Crippen LogP contribution in [-0.2, 0) is 6.42 Å². The number of nitrogens with zero attached hydrogens (tertiary/aromatic N) is 1. The average Bonchev–Trinajstić information content (AvgIpc) is 2.76. The van der Waals surface area contributed by atoms with Gasteiger partial charge in [-0.1, -0.05) is 23.8 Å². The van der Waals surface area contributed by atoms with E-state index in [0.717, 1.165) is 24.8 Å². The molecule has 0 unspecified atom stereocenters. The molecular formula is C23H26FN3O2. The van der Waals surface area contributed by atoms with Crippen molar-refractivity contribution in [3.05, 3.63) is 76.9 Å². The van der Waals surface area contributed by atoms with Crippen LogP contribution in [0.25, 0.3) is 0 Å². The Labute approximate surface area is 170 Å². The van der Waals surface area contributed by atoms with Gasteiger partial charge in [0.2, 0.25) is 0 Å². The molecule has 0 bridgehead atoms. The maximum absolute atomic E-state index is 12.9. The maximum Gasteiger partial charge on any atom is 0.269 e. The Morgan fingerprint density at radius 1 is 0.966 bits per heavy atom. The van der Waals surface area contributed by atoms with Crippen LogP contribution in [0.5, 0.6) is 0 Å². The van der Waals surface area contributed by atoms with Crippen molar-refractivity contribution in [1.29, 1.82) is 0 Å². The molecule has 1 aliphatic rings. The lowest BCUT2D eigenvalue weighted by molar-refractivity contribution is 0.0949. The molecule has 1 aliphatic carbocycles. The van der Waals surface area contributed by atoms with Gasteiger partial charge < -0.3 is 10.6 Å². The van der Waals surface area contributed by atoms with E-state index < -0.39 is 0 Å². The lowest BCUT2D eigenvalue weighted by Crippen LogP contribution is -2.28. The van der Waals surface area contributed by atoms with Gasteiger partial charge in [-0.2, -0.15) is 0 Å². The molecule has 1 aromatic heterocycles. The van der Waals surface area contributed by atoms with Crippen LogP contribution in [-0.4, -0.2) is 29.9 Å². The van der Waals surface area contributed by atoms with E-state index in [-0.39, 0.29) is 23.3 Å². The summed E-state index contributed by atoms with van der Waals surface area (Å²) < 4.78 is 12.9. The van der Waals surface area contributed by atoms with E-state index in [9.17, 15) is 14.0 Å². The van der Waals surface area contributed by atoms with Gasteiger partial charge in [-0.25, -0.2) is 4.39 Å². The number of hydrogen-bond acceptors (Lipinski definition) is 3. The third kappa shape index (κ3) is 6.52. The minimum Gasteiger partial charge on any atom is -0.352 e. The molecule has 0 fully saturated rings. The van der Waals surface area contributed by atoms with Crippen LogP contribution in [0.3, 0.4) is 0 Å². The van der Waals surface area contributed by atoms with E-state index in [0.29, 0.717) is 25.1 Å². The molecule has 6 heteroatoms. The van der Waals surface area contributed by atoms with Gasteiger partial charge in [0.25, 0.3) is 11.8 Å². The van der Waals surface area contributed by atoms with Crippen LogP contribution >= 0.6 is 0 Å². The molecule has 0 saturated heterocycles. The molecule has 0 aliphatic heterocycles. The zero-order chi connectivity index (χ0) is 20.5. The summed E-state index contributed by atoms with van der Waals surface area (Å²) in [6.45, 7) is 0.990. The summed E-state index contributed by atoms with van der Waals surface area (Å²) in [5.41, 5.74) is 2.96. The van der Waals surface area contributed by atoms with Gasteiger partial charge in [-0.3, -0.25) is 14.6 Å². The number of aromatic nitrogens is 1. The fourth-order valence-electron chi connectivity index (χ4n) is 3.33. The summed E-state index contributed by atoms with van der Waals surface area (Å²) in [5.74, 6) is -0.825. The van der Waals surface area contributed by atoms with Crippen LogP contribution < -0.4 is 10.6 Å². The SMILES string of the molecule is O=C(NCCc1ccc(F)cc1)c1ccnc(C(=O)NCCC2=CCCCC2)c1. The highest BCUT2D eigenvalue weighted by atomic mass is 19.1. The first-order valence-electron chi connectivity index (χ1n) is 10.1. The predicted molar refractivity (Wildman–Crippen MR) is 110 cm³/mol. The second-order valence-corrected chi connectivity index (χ2v) is 7.18. The molecule has 0 saturated carbocycles. The van der Waals surface area contributed by atoms with E-state index in [1.165, 1.54) is 42.8 Å². The second kappa shape index (κ2) is 10.5. The standard InChI is InChI=1S/C23H26FN3O2/c24-20-8-6-18(7-9-20)11-13-26-22(28)19-12-15-25-21(16-19)23(29)27-14-10-17-4-2-1-3-5-17/h4,6-9,12,15-16H,1-3,5,10-11,13-14H2,(H,26,28)(H,27,29). The molecule has 0 radical (unpaired) electrons. The van der Waals surface area contributed by atoms with Crippen LogP contribution in [0.1, 0.15) is 58.5 Å². The predicted octanol–water partition coefficient (Wildman–Crippen LogP) is 3.81. The number of nitrogens with one attached hydrogen (secondary N) is 2. The van der Waals surface area contributed by atoms with Crippen LogP contribution in [0, 0.1) is 5.82 Å². The number of halogens is 1. The Morgan fingerprint density at radius 3 is 2.48 bits per heavy atom. The molecule has 0 spiro atoms. The van der Waals surface area contributed by atoms with Crippen molar-refractivity contribution < 1.29 is 14.0 Å². The van der Waals surface area contributed by atoms with Crippen LogP contribution in [0.15, 0.2) is 54.2 Å². The van der Waals surface area contributed by atoms with Crippen molar-refractivity contribution >= 4 is 11.8 Å². The highest BCUT2D eigenvalue weighted by molar-refractivity contribution is 5.98. The Bertz CT molecular complexity index is 878. The normalized spacial score (nSPS) is 13.5. The minimum atomic E-state index is -0.282. The third-order valence-corrected chi connectivity index (χ3v) is 4.98. The minimum absolute atomic E-state index is 0.230. The first-order chi connectivity index (χ1) is 14.1. The van der Waals surface area contributed by atoms with Gasteiger partial charge in [0.15, 0.2) is 0 Å². The van der Waals surface area contributed by atoms with Gasteiger partial charge in [0, 0.05) is 24.8 Å². The van der Waals surface area contributed by atoms with Gasteiger partial charge in [0.05, 0.1) is 0 Å². The molecule has 5 nitrogen and oxygen atoms in total. The molecule has 152 valence electrons. The van der Waals surface area contributed by atoms with Gasteiger partial charge in [0.1, 0.15) is 11.5 Å². The molecule has 1 heterocycles. The monoisotopic (exact) mass is 395 g/mol. The number of allylic oxidation sites excluding steroid dienone is 1. The Balaban J connectivity index is 1.47. The summed E-state index contributed by atoms with van der Waals surface area (Å²) in [7, 11) is 0. The molecular weight excluding hydrogens is 369 g/mol. The largest absolute Gasteiger partial charge is 0.352 e. The Morgan fingerprint density at radius 2 is 1.72 bits per heavy atom. The number of pyridine rings is 1. The van der Waals surface area contributed by atoms with Gasteiger partial charge >= 0.3 is 0 Å². The number of hydrogen-bond donors (Lipinski definition) is 2. The fraction of sp³-hybridized carbons (Fsp3) is 0.348. The quantitative estimate of drug-likeness (QED) is 0.668. The van der Waals surface area contributed by atoms with E-state index >= 15 is 0 Å². The first kappa shape index (κ1) is 20.7. The smallest absolute Gasteiger partial charge is 0.269 e. The summed E-state index contributed by atoms with van der Waals surface area (Å²) >= 11 is 0. The number of rotatable bonds is 8. The van der Waals surface area contributed by atoms with Crippen molar-refractivity contribution in [1.82, 2.24) is 15.6 Å². The van der Waals surface area contributed by atoms with Crippen LogP contribution in [0.2, 0.25) is 0 Å². The highest BCUT2D eigenvalue weighted by Gasteiger charge is 2.12. The van der Waals surface area contributed by atoms with Gasteiger partial charge in [-0.15, -0.1) is 0 Å². The average molecular weight is 395 g/mol. The Kier molecular flexibility index (Phi) is 7.50. The van der Waals surface area contributed by atoms with Crippen molar-refractivity contribution in [2.24, 2.45) is 0 Å². The topological polar surface area (TPSA) is 71.1 Å². The van der Waals surface area contributed by atoms with Crippen molar-refractivity contribution in [2.75, 3.05) is 13.1 Å². The number of amides is 2. The summed E-state index contributed by atoms with van der Waals surface area (Å²) in [5, 5.41) is 5.69. The fourth-order valence-corrected chi connectivity index (χ4v) is 3.33. The van der Waals surface area contributed by atoms with E-state index in [4.69, 9.17) is 0 Å². The first-order valence-corrected chi connectivity index (χ1v) is 10.1.